The van der Waals surface area contributed by atoms with Gasteiger partial charge >= 0.3 is 0 Å². The Morgan fingerprint density at radius 1 is 1.09 bits per heavy atom. The molecular weight excluding hydrogens is 290 g/mol. The van der Waals surface area contributed by atoms with Crippen LogP contribution in [0.4, 0.5) is 0 Å². The molecule has 0 bridgehead atoms. The number of rotatable bonds is 2. The second kappa shape index (κ2) is 6.49. The molecule has 1 aromatic rings. The highest BCUT2D eigenvalue weighted by Crippen LogP contribution is 2.38. The lowest BCUT2D eigenvalue weighted by Crippen LogP contribution is -2.49. The summed E-state index contributed by atoms with van der Waals surface area (Å²) in [5.74, 6) is 1.17. The fourth-order valence-electron chi connectivity index (χ4n) is 4.12. The SMILES string of the molecule is O=C(NC1CCCCCC1)C1NNC2c3ccccc3OCC12. The van der Waals surface area contributed by atoms with E-state index < -0.39 is 0 Å². The molecule has 3 N–H and O–H groups in total. The van der Waals surface area contributed by atoms with Crippen LogP contribution in [0.3, 0.4) is 0 Å². The molecule has 5 nitrogen and oxygen atoms in total. The summed E-state index contributed by atoms with van der Waals surface area (Å²) in [5, 5.41) is 3.26. The number of para-hydroxylation sites is 1. The highest BCUT2D eigenvalue weighted by atomic mass is 16.5. The Balaban J connectivity index is 1.44. The molecule has 2 heterocycles. The number of amides is 1. The van der Waals surface area contributed by atoms with E-state index in [1.54, 1.807) is 0 Å². The first-order chi connectivity index (χ1) is 11.3. The third-order valence-electron chi connectivity index (χ3n) is 5.42. The molecule has 2 fully saturated rings. The van der Waals surface area contributed by atoms with Crippen LogP contribution in [0.5, 0.6) is 5.75 Å². The lowest BCUT2D eigenvalue weighted by atomic mass is 9.87. The van der Waals surface area contributed by atoms with Crippen molar-refractivity contribution in [1.82, 2.24) is 16.2 Å². The van der Waals surface area contributed by atoms with Crippen molar-refractivity contribution in [2.24, 2.45) is 5.92 Å². The minimum Gasteiger partial charge on any atom is -0.493 e. The maximum atomic E-state index is 12.7. The minimum absolute atomic E-state index is 0.111. The van der Waals surface area contributed by atoms with Crippen molar-refractivity contribution in [3.8, 4) is 5.75 Å². The number of benzene rings is 1. The predicted molar refractivity (Wildman–Crippen MR) is 87.9 cm³/mol. The van der Waals surface area contributed by atoms with Gasteiger partial charge in [-0.05, 0) is 18.9 Å². The van der Waals surface area contributed by atoms with Gasteiger partial charge in [-0.2, -0.15) is 0 Å². The lowest BCUT2D eigenvalue weighted by Gasteiger charge is -2.30. The van der Waals surface area contributed by atoms with E-state index in [1.165, 1.54) is 25.7 Å². The van der Waals surface area contributed by atoms with E-state index in [0.717, 1.165) is 24.2 Å². The van der Waals surface area contributed by atoms with E-state index in [9.17, 15) is 4.79 Å². The number of carbonyl (C=O) groups is 1. The largest absolute Gasteiger partial charge is 0.493 e. The highest BCUT2D eigenvalue weighted by Gasteiger charge is 2.44. The van der Waals surface area contributed by atoms with Crippen LogP contribution in [-0.4, -0.2) is 24.6 Å². The maximum absolute atomic E-state index is 12.7. The van der Waals surface area contributed by atoms with Gasteiger partial charge in [0, 0.05) is 17.5 Å². The van der Waals surface area contributed by atoms with Gasteiger partial charge in [0.2, 0.25) is 5.91 Å². The van der Waals surface area contributed by atoms with Crippen molar-refractivity contribution in [3.63, 3.8) is 0 Å². The number of fused-ring (bicyclic) bond motifs is 3. The summed E-state index contributed by atoms with van der Waals surface area (Å²) in [4.78, 5) is 12.7. The molecule has 0 aromatic heterocycles. The topological polar surface area (TPSA) is 62.4 Å². The molecule has 1 aliphatic carbocycles. The molecule has 3 unspecified atom stereocenters. The summed E-state index contributed by atoms with van der Waals surface area (Å²) in [6, 6.07) is 8.32. The standard InChI is InChI=1S/C18H25N3O2/c22-18(19-12-7-3-1-2-4-8-12)17-14-11-23-15-10-6-5-9-13(15)16(14)20-21-17/h5-6,9-10,12,14,16-17,20-21H,1-4,7-8,11H2,(H,19,22). The van der Waals surface area contributed by atoms with E-state index in [1.807, 2.05) is 18.2 Å². The summed E-state index contributed by atoms with van der Waals surface area (Å²) in [6.07, 6.45) is 7.27. The molecule has 1 aromatic carbocycles. The Bertz CT molecular complexity index is 569. The molecule has 3 atom stereocenters. The Morgan fingerprint density at radius 2 is 1.87 bits per heavy atom. The van der Waals surface area contributed by atoms with Gasteiger partial charge in [0.15, 0.2) is 0 Å². The molecule has 1 amide bonds. The van der Waals surface area contributed by atoms with Crippen LogP contribution in [0.25, 0.3) is 0 Å². The number of ether oxygens (including phenoxy) is 1. The van der Waals surface area contributed by atoms with Crippen molar-refractivity contribution in [3.05, 3.63) is 29.8 Å². The Kier molecular flexibility index (Phi) is 4.23. The number of nitrogens with one attached hydrogen (secondary N) is 3. The summed E-state index contributed by atoms with van der Waals surface area (Å²) >= 11 is 0. The van der Waals surface area contributed by atoms with E-state index in [2.05, 4.69) is 22.2 Å². The van der Waals surface area contributed by atoms with Crippen LogP contribution in [0.1, 0.15) is 50.1 Å². The molecule has 124 valence electrons. The summed E-state index contributed by atoms with van der Waals surface area (Å²) < 4.78 is 5.87. The van der Waals surface area contributed by atoms with Crippen LogP contribution in [0, 0.1) is 5.92 Å². The van der Waals surface area contributed by atoms with Gasteiger partial charge in [0.1, 0.15) is 11.8 Å². The zero-order chi connectivity index (χ0) is 15.6. The van der Waals surface area contributed by atoms with Crippen LogP contribution < -0.4 is 20.9 Å². The highest BCUT2D eigenvalue weighted by molar-refractivity contribution is 5.83. The van der Waals surface area contributed by atoms with Crippen molar-refractivity contribution < 1.29 is 9.53 Å². The van der Waals surface area contributed by atoms with Crippen LogP contribution in [-0.2, 0) is 4.79 Å². The van der Waals surface area contributed by atoms with Gasteiger partial charge in [0.05, 0.1) is 12.6 Å². The van der Waals surface area contributed by atoms with Crippen LogP contribution >= 0.6 is 0 Å². The number of hydrogen-bond donors (Lipinski definition) is 3. The maximum Gasteiger partial charge on any atom is 0.239 e. The minimum atomic E-state index is -0.225. The van der Waals surface area contributed by atoms with Gasteiger partial charge < -0.3 is 10.1 Å². The van der Waals surface area contributed by atoms with Crippen molar-refractivity contribution >= 4 is 5.91 Å². The average molecular weight is 315 g/mol. The van der Waals surface area contributed by atoms with Crippen LogP contribution in [0.2, 0.25) is 0 Å². The van der Waals surface area contributed by atoms with E-state index in [0.29, 0.717) is 12.6 Å². The molecule has 0 spiro atoms. The fraction of sp³-hybridized carbons (Fsp3) is 0.611. The number of carbonyl (C=O) groups excluding carboxylic acids is 1. The first kappa shape index (κ1) is 15.0. The first-order valence-electron chi connectivity index (χ1n) is 8.86. The van der Waals surface area contributed by atoms with Crippen LogP contribution in [0.15, 0.2) is 24.3 Å². The number of hydrazine groups is 1. The second-order valence-electron chi connectivity index (χ2n) is 6.95. The molecule has 1 saturated carbocycles. The van der Waals surface area contributed by atoms with Crippen molar-refractivity contribution in [2.45, 2.75) is 56.7 Å². The summed E-state index contributed by atoms with van der Waals surface area (Å²) in [7, 11) is 0. The molecule has 1 saturated heterocycles. The third kappa shape index (κ3) is 2.95. The van der Waals surface area contributed by atoms with Gasteiger partial charge in [-0.15, -0.1) is 0 Å². The smallest absolute Gasteiger partial charge is 0.239 e. The molecule has 2 aliphatic heterocycles. The second-order valence-corrected chi connectivity index (χ2v) is 6.95. The normalized spacial score (nSPS) is 30.7. The fourth-order valence-corrected chi connectivity index (χ4v) is 4.12. The van der Waals surface area contributed by atoms with E-state index in [-0.39, 0.29) is 23.9 Å². The monoisotopic (exact) mass is 315 g/mol. The molecule has 4 rings (SSSR count). The van der Waals surface area contributed by atoms with E-state index in [4.69, 9.17) is 4.74 Å². The Labute approximate surface area is 137 Å². The van der Waals surface area contributed by atoms with Crippen molar-refractivity contribution in [2.75, 3.05) is 6.61 Å². The lowest BCUT2D eigenvalue weighted by molar-refractivity contribution is -0.125. The van der Waals surface area contributed by atoms with Gasteiger partial charge in [-0.3, -0.25) is 4.79 Å². The molecule has 0 radical (unpaired) electrons. The zero-order valence-corrected chi connectivity index (χ0v) is 13.4. The quantitative estimate of drug-likeness (QED) is 0.731. The average Bonchev–Trinajstić information content (AvgIpc) is 2.86. The summed E-state index contributed by atoms with van der Waals surface area (Å²) in [6.45, 7) is 0.574. The molecule has 5 heteroatoms. The molecule has 3 aliphatic rings. The Hall–Kier alpha value is -1.59. The molecule has 23 heavy (non-hydrogen) atoms. The Morgan fingerprint density at radius 3 is 2.70 bits per heavy atom. The van der Waals surface area contributed by atoms with Crippen molar-refractivity contribution in [1.29, 1.82) is 0 Å². The van der Waals surface area contributed by atoms with Gasteiger partial charge in [-0.1, -0.05) is 43.9 Å². The predicted octanol–water partition coefficient (Wildman–Crippen LogP) is 2.05. The van der Waals surface area contributed by atoms with Gasteiger partial charge in [-0.25, -0.2) is 10.9 Å². The number of hydrogen-bond acceptors (Lipinski definition) is 4. The first-order valence-corrected chi connectivity index (χ1v) is 8.86. The third-order valence-corrected chi connectivity index (χ3v) is 5.42. The summed E-state index contributed by atoms with van der Waals surface area (Å²) in [5.41, 5.74) is 7.65. The van der Waals surface area contributed by atoms with Gasteiger partial charge in [0.25, 0.3) is 0 Å². The van der Waals surface area contributed by atoms with E-state index >= 15 is 0 Å². The zero-order valence-electron chi connectivity index (χ0n) is 13.4. The molecular formula is C18H25N3O2.